The second kappa shape index (κ2) is 8.36. The predicted octanol–water partition coefficient (Wildman–Crippen LogP) is 5.54. The van der Waals surface area contributed by atoms with Crippen molar-refractivity contribution in [1.82, 2.24) is 19.9 Å². The van der Waals surface area contributed by atoms with Crippen molar-refractivity contribution < 1.29 is 26.3 Å². The van der Waals surface area contributed by atoms with Crippen LogP contribution in [0.2, 0.25) is 0 Å². The minimum absolute atomic E-state index is 0.0412. The van der Waals surface area contributed by atoms with E-state index in [1.807, 2.05) is 0 Å². The number of nitrogens with zero attached hydrogens (tertiary/aromatic N) is 4. The third-order valence-corrected chi connectivity index (χ3v) is 3.77. The van der Waals surface area contributed by atoms with E-state index < -0.39 is 23.7 Å². The van der Waals surface area contributed by atoms with E-state index in [4.69, 9.17) is 0 Å². The number of rotatable bonds is 5. The largest absolute Gasteiger partial charge is 0.433 e. The SMILES string of the molecule is CC(C)Nc1nc(Nc2ccnc(C(F)(F)F)c2)cc(-c2cccc(C(F)(F)F)n2)n1. The minimum atomic E-state index is -4.64. The summed E-state index contributed by atoms with van der Waals surface area (Å²) in [4.78, 5) is 15.2. The number of anilines is 3. The van der Waals surface area contributed by atoms with E-state index in [1.54, 1.807) is 13.8 Å². The van der Waals surface area contributed by atoms with E-state index in [9.17, 15) is 26.3 Å². The number of pyridine rings is 2. The van der Waals surface area contributed by atoms with E-state index >= 15 is 0 Å². The fourth-order valence-corrected chi connectivity index (χ4v) is 2.51. The van der Waals surface area contributed by atoms with Gasteiger partial charge in [0.2, 0.25) is 5.95 Å². The molecule has 0 aromatic carbocycles. The minimum Gasteiger partial charge on any atom is -0.352 e. The molecule has 3 rings (SSSR count). The van der Waals surface area contributed by atoms with Crippen LogP contribution >= 0.6 is 0 Å². The molecule has 0 aliphatic carbocycles. The molecular weight excluding hydrogens is 426 g/mol. The van der Waals surface area contributed by atoms with Crippen molar-refractivity contribution in [3.05, 3.63) is 54.0 Å². The summed E-state index contributed by atoms with van der Waals surface area (Å²) in [6, 6.07) is 6.63. The monoisotopic (exact) mass is 442 g/mol. The molecule has 0 amide bonds. The van der Waals surface area contributed by atoms with Gasteiger partial charge in [-0.2, -0.15) is 31.3 Å². The second-order valence-electron chi connectivity index (χ2n) is 6.72. The second-order valence-corrected chi connectivity index (χ2v) is 6.72. The maximum atomic E-state index is 13.0. The van der Waals surface area contributed by atoms with E-state index in [0.717, 1.165) is 18.3 Å². The number of halogens is 6. The first-order valence-corrected chi connectivity index (χ1v) is 8.92. The lowest BCUT2D eigenvalue weighted by Gasteiger charge is -2.14. The van der Waals surface area contributed by atoms with Crippen LogP contribution in [0.3, 0.4) is 0 Å². The van der Waals surface area contributed by atoms with Crippen LogP contribution in [0.4, 0.5) is 43.8 Å². The first-order valence-electron chi connectivity index (χ1n) is 8.92. The van der Waals surface area contributed by atoms with Gasteiger partial charge in [-0.25, -0.2) is 9.97 Å². The van der Waals surface area contributed by atoms with E-state index in [2.05, 4.69) is 30.6 Å². The van der Waals surface area contributed by atoms with E-state index in [0.29, 0.717) is 0 Å². The topological polar surface area (TPSA) is 75.6 Å². The highest BCUT2D eigenvalue weighted by Gasteiger charge is 2.33. The van der Waals surface area contributed by atoms with Crippen LogP contribution in [0.25, 0.3) is 11.4 Å². The van der Waals surface area contributed by atoms with Crippen LogP contribution in [-0.4, -0.2) is 26.0 Å². The smallest absolute Gasteiger partial charge is 0.352 e. The summed E-state index contributed by atoms with van der Waals surface area (Å²) in [6.45, 7) is 3.59. The van der Waals surface area contributed by atoms with Gasteiger partial charge in [-0.1, -0.05) is 6.07 Å². The van der Waals surface area contributed by atoms with Crippen molar-refractivity contribution >= 4 is 17.5 Å². The van der Waals surface area contributed by atoms with E-state index in [-0.39, 0.29) is 34.9 Å². The lowest BCUT2D eigenvalue weighted by atomic mass is 10.2. The fourth-order valence-electron chi connectivity index (χ4n) is 2.51. The molecule has 0 saturated heterocycles. The standard InChI is InChI=1S/C19H16F6N6/c1-10(2)27-17-30-13(12-4-3-5-14(29-12)18(20,21)22)9-16(31-17)28-11-6-7-26-15(8-11)19(23,24)25/h3-10H,1-2H3,(H2,26,27,28,30,31). The average molecular weight is 442 g/mol. The van der Waals surface area contributed by atoms with Crippen LogP contribution in [-0.2, 0) is 12.4 Å². The molecule has 0 bridgehead atoms. The first-order chi connectivity index (χ1) is 14.4. The number of aromatic nitrogens is 4. The Balaban J connectivity index is 2.02. The van der Waals surface area contributed by atoms with Crippen molar-refractivity contribution in [1.29, 1.82) is 0 Å². The summed E-state index contributed by atoms with van der Waals surface area (Å²) in [7, 11) is 0. The van der Waals surface area contributed by atoms with Crippen LogP contribution < -0.4 is 10.6 Å². The molecule has 0 spiro atoms. The molecule has 3 aromatic heterocycles. The Morgan fingerprint density at radius 3 is 2.16 bits per heavy atom. The molecule has 0 aliphatic rings. The maximum Gasteiger partial charge on any atom is 0.433 e. The van der Waals surface area contributed by atoms with Gasteiger partial charge in [-0.3, -0.25) is 4.98 Å². The van der Waals surface area contributed by atoms with Gasteiger partial charge < -0.3 is 10.6 Å². The van der Waals surface area contributed by atoms with Gasteiger partial charge in [0.1, 0.15) is 17.2 Å². The summed E-state index contributed by atoms with van der Waals surface area (Å²) in [5.41, 5.74) is -2.18. The van der Waals surface area contributed by atoms with Gasteiger partial charge in [0, 0.05) is 24.0 Å². The Kier molecular flexibility index (Phi) is 6.00. The van der Waals surface area contributed by atoms with Gasteiger partial charge in [0.05, 0.1) is 11.4 Å². The molecule has 12 heteroatoms. The number of alkyl halides is 6. The van der Waals surface area contributed by atoms with Crippen LogP contribution in [0.1, 0.15) is 25.2 Å². The zero-order valence-corrected chi connectivity index (χ0v) is 16.2. The maximum absolute atomic E-state index is 13.0. The Morgan fingerprint density at radius 2 is 1.52 bits per heavy atom. The zero-order valence-electron chi connectivity index (χ0n) is 16.2. The Morgan fingerprint density at radius 1 is 0.806 bits per heavy atom. The molecule has 0 unspecified atom stereocenters. The highest BCUT2D eigenvalue weighted by Crippen LogP contribution is 2.31. The molecule has 0 atom stereocenters. The Hall–Kier alpha value is -3.44. The number of hydrogen-bond donors (Lipinski definition) is 2. The lowest BCUT2D eigenvalue weighted by molar-refractivity contribution is -0.141. The van der Waals surface area contributed by atoms with Gasteiger partial charge >= 0.3 is 12.4 Å². The molecule has 2 N–H and O–H groups in total. The summed E-state index contributed by atoms with van der Waals surface area (Å²) in [5, 5.41) is 5.62. The van der Waals surface area contributed by atoms with Crippen molar-refractivity contribution in [3.8, 4) is 11.4 Å². The van der Waals surface area contributed by atoms with Crippen LogP contribution in [0.15, 0.2) is 42.6 Å². The van der Waals surface area contributed by atoms with Crippen LogP contribution in [0.5, 0.6) is 0 Å². The molecule has 0 aliphatic heterocycles. The lowest BCUT2D eigenvalue weighted by Crippen LogP contribution is -2.14. The molecule has 0 fully saturated rings. The highest BCUT2D eigenvalue weighted by molar-refractivity contribution is 5.65. The third kappa shape index (κ3) is 5.80. The van der Waals surface area contributed by atoms with Crippen molar-refractivity contribution in [2.24, 2.45) is 0 Å². The summed E-state index contributed by atoms with van der Waals surface area (Å²) in [5.74, 6) is 0.131. The molecule has 164 valence electrons. The fraction of sp³-hybridized carbons (Fsp3) is 0.263. The van der Waals surface area contributed by atoms with Gasteiger partial charge in [0.15, 0.2) is 0 Å². The van der Waals surface area contributed by atoms with Gasteiger partial charge in [-0.15, -0.1) is 0 Å². The molecule has 3 heterocycles. The molecule has 0 radical (unpaired) electrons. The third-order valence-electron chi connectivity index (χ3n) is 3.77. The predicted molar refractivity (Wildman–Crippen MR) is 102 cm³/mol. The Labute approximate surface area is 172 Å². The molecule has 6 nitrogen and oxygen atoms in total. The molecule has 31 heavy (non-hydrogen) atoms. The normalized spacial score (nSPS) is 12.2. The first kappa shape index (κ1) is 22.2. The summed E-state index contributed by atoms with van der Waals surface area (Å²) in [6.07, 6.45) is -8.30. The summed E-state index contributed by atoms with van der Waals surface area (Å²) >= 11 is 0. The number of hydrogen-bond acceptors (Lipinski definition) is 6. The average Bonchev–Trinajstić information content (AvgIpc) is 2.66. The van der Waals surface area contributed by atoms with Gasteiger partial charge in [-0.05, 0) is 38.1 Å². The van der Waals surface area contributed by atoms with Crippen LogP contribution in [0, 0.1) is 0 Å². The van der Waals surface area contributed by atoms with Gasteiger partial charge in [0.25, 0.3) is 0 Å². The highest BCUT2D eigenvalue weighted by atomic mass is 19.4. The number of nitrogens with one attached hydrogen (secondary N) is 2. The zero-order chi connectivity index (χ0) is 22.8. The quantitative estimate of drug-likeness (QED) is 0.506. The van der Waals surface area contributed by atoms with E-state index in [1.165, 1.54) is 24.3 Å². The summed E-state index contributed by atoms with van der Waals surface area (Å²) < 4.78 is 77.8. The molecule has 0 saturated carbocycles. The van der Waals surface area contributed by atoms with Crippen molar-refractivity contribution in [2.45, 2.75) is 32.2 Å². The Bertz CT molecular complexity index is 1060. The van der Waals surface area contributed by atoms with Crippen molar-refractivity contribution in [3.63, 3.8) is 0 Å². The molecule has 3 aromatic rings. The molecular formula is C19H16F6N6. The van der Waals surface area contributed by atoms with Crippen molar-refractivity contribution in [2.75, 3.05) is 10.6 Å².